The molecule has 3 aromatic rings. The van der Waals surface area contributed by atoms with Crippen LogP contribution in [0, 0.1) is 6.92 Å². The molecule has 1 unspecified atom stereocenters. The molecular weight excluding hydrogens is 376 g/mol. The molecule has 3 rings (SSSR count). The number of benzene rings is 1. The molecule has 8 heteroatoms. The number of fused-ring (bicyclic) bond motifs is 1. The summed E-state index contributed by atoms with van der Waals surface area (Å²) < 4.78 is 3.65. The maximum atomic E-state index is 12.8. The number of nitrogens with zero attached hydrogens (tertiary/aromatic N) is 5. The molecule has 1 N–H and O–H groups in total. The molecule has 0 aliphatic heterocycles. The minimum atomic E-state index is -0.498. The molecule has 0 saturated heterocycles. The van der Waals surface area contributed by atoms with Crippen molar-refractivity contribution >= 4 is 34.5 Å². The zero-order chi connectivity index (χ0) is 20.3. The van der Waals surface area contributed by atoms with E-state index in [9.17, 15) is 4.79 Å². The first-order valence-electron chi connectivity index (χ1n) is 9.64. The van der Waals surface area contributed by atoms with Gasteiger partial charge in [-0.1, -0.05) is 37.6 Å². The van der Waals surface area contributed by atoms with Crippen molar-refractivity contribution in [1.29, 1.82) is 0 Å². The minimum absolute atomic E-state index is 0.182. The SMILES string of the molecule is CCN(CC)CCn1c(NC(=O)C(C)n2cc(Cl)c(C)n2)nc2ccccc21. The van der Waals surface area contributed by atoms with Crippen molar-refractivity contribution in [3.05, 3.63) is 41.2 Å². The van der Waals surface area contributed by atoms with Gasteiger partial charge < -0.3 is 9.47 Å². The number of halogens is 1. The number of amides is 1. The Kier molecular flexibility index (Phi) is 6.36. The molecule has 0 bridgehead atoms. The Hall–Kier alpha value is -2.38. The Morgan fingerprint density at radius 3 is 2.64 bits per heavy atom. The van der Waals surface area contributed by atoms with Crippen LogP contribution in [0.3, 0.4) is 0 Å². The molecule has 1 atom stereocenters. The Labute approximate surface area is 170 Å². The first-order chi connectivity index (χ1) is 13.4. The van der Waals surface area contributed by atoms with Gasteiger partial charge in [0, 0.05) is 19.3 Å². The molecule has 0 fully saturated rings. The average Bonchev–Trinajstić information content (AvgIpc) is 3.21. The van der Waals surface area contributed by atoms with Crippen LogP contribution in [0.15, 0.2) is 30.5 Å². The van der Waals surface area contributed by atoms with E-state index in [2.05, 4.69) is 38.7 Å². The van der Waals surface area contributed by atoms with Gasteiger partial charge in [0.15, 0.2) is 0 Å². The zero-order valence-corrected chi connectivity index (χ0v) is 17.6. The fourth-order valence-corrected chi connectivity index (χ4v) is 3.31. The minimum Gasteiger partial charge on any atom is -0.309 e. The number of hydrogen-bond acceptors (Lipinski definition) is 4. The van der Waals surface area contributed by atoms with Crippen molar-refractivity contribution in [2.45, 2.75) is 40.3 Å². The monoisotopic (exact) mass is 402 g/mol. The van der Waals surface area contributed by atoms with Crippen molar-refractivity contribution < 1.29 is 4.79 Å². The van der Waals surface area contributed by atoms with E-state index in [0.717, 1.165) is 37.2 Å². The molecule has 0 spiro atoms. The lowest BCUT2D eigenvalue weighted by atomic mass is 10.3. The lowest BCUT2D eigenvalue weighted by Gasteiger charge is -2.20. The summed E-state index contributed by atoms with van der Waals surface area (Å²) in [4.78, 5) is 19.8. The normalized spacial score (nSPS) is 12.6. The Bertz CT molecular complexity index is 939. The van der Waals surface area contributed by atoms with E-state index in [-0.39, 0.29) is 5.91 Å². The number of para-hydroxylation sites is 2. The third kappa shape index (κ3) is 4.20. The summed E-state index contributed by atoms with van der Waals surface area (Å²) in [5.74, 6) is 0.374. The van der Waals surface area contributed by atoms with E-state index in [1.54, 1.807) is 17.8 Å². The molecule has 2 heterocycles. The van der Waals surface area contributed by atoms with Crippen molar-refractivity contribution in [3.8, 4) is 0 Å². The van der Waals surface area contributed by atoms with Crippen LogP contribution in [0.4, 0.5) is 5.95 Å². The molecular formula is C20H27ClN6O. The number of likely N-dealkylation sites (N-methyl/N-ethyl adjacent to an activating group) is 1. The number of rotatable bonds is 8. The van der Waals surface area contributed by atoms with E-state index < -0.39 is 6.04 Å². The molecule has 0 radical (unpaired) electrons. The molecule has 28 heavy (non-hydrogen) atoms. The Morgan fingerprint density at radius 1 is 1.29 bits per heavy atom. The van der Waals surface area contributed by atoms with Crippen molar-refractivity contribution in [3.63, 3.8) is 0 Å². The number of carbonyl (C=O) groups excluding carboxylic acids is 1. The average molecular weight is 403 g/mol. The number of imidazole rings is 1. The topological polar surface area (TPSA) is 68.0 Å². The highest BCUT2D eigenvalue weighted by Gasteiger charge is 2.20. The Morgan fingerprint density at radius 2 is 2.00 bits per heavy atom. The highest BCUT2D eigenvalue weighted by molar-refractivity contribution is 6.31. The van der Waals surface area contributed by atoms with Crippen LogP contribution in [0.2, 0.25) is 5.02 Å². The van der Waals surface area contributed by atoms with Gasteiger partial charge in [0.25, 0.3) is 5.91 Å². The third-order valence-corrected chi connectivity index (χ3v) is 5.43. The highest BCUT2D eigenvalue weighted by Crippen LogP contribution is 2.21. The number of hydrogen-bond donors (Lipinski definition) is 1. The Balaban J connectivity index is 1.85. The number of aromatic nitrogens is 4. The van der Waals surface area contributed by atoms with E-state index in [1.807, 2.05) is 31.2 Å². The summed E-state index contributed by atoms with van der Waals surface area (Å²) in [6.45, 7) is 11.5. The number of nitrogens with one attached hydrogen (secondary N) is 1. The van der Waals surface area contributed by atoms with Gasteiger partial charge in [-0.25, -0.2) is 4.98 Å². The first kappa shape index (κ1) is 20.4. The molecule has 1 aromatic carbocycles. The summed E-state index contributed by atoms with van der Waals surface area (Å²) in [7, 11) is 0. The van der Waals surface area contributed by atoms with Gasteiger partial charge in [-0.2, -0.15) is 5.10 Å². The first-order valence-corrected chi connectivity index (χ1v) is 10.0. The van der Waals surface area contributed by atoms with Crippen LogP contribution in [-0.2, 0) is 11.3 Å². The van der Waals surface area contributed by atoms with Gasteiger partial charge in [-0.05, 0) is 39.1 Å². The van der Waals surface area contributed by atoms with Crippen molar-refractivity contribution in [2.75, 3.05) is 25.0 Å². The van der Waals surface area contributed by atoms with Crippen LogP contribution in [0.1, 0.15) is 32.5 Å². The second-order valence-electron chi connectivity index (χ2n) is 6.81. The standard InChI is InChI=1S/C20H27ClN6O/c1-5-25(6-2)11-12-26-18-10-8-7-9-17(18)22-20(26)23-19(28)15(4)27-13-16(21)14(3)24-27/h7-10,13,15H,5-6,11-12H2,1-4H3,(H,22,23,28). The van der Waals surface area contributed by atoms with Gasteiger partial charge in [-0.3, -0.25) is 14.8 Å². The molecule has 0 saturated carbocycles. The number of anilines is 1. The maximum absolute atomic E-state index is 12.8. The van der Waals surface area contributed by atoms with Crippen LogP contribution in [0.5, 0.6) is 0 Å². The fraction of sp³-hybridized carbons (Fsp3) is 0.450. The predicted octanol–water partition coefficient (Wildman–Crippen LogP) is 3.74. The number of carbonyl (C=O) groups is 1. The van der Waals surface area contributed by atoms with Crippen LogP contribution in [-0.4, -0.2) is 49.8 Å². The van der Waals surface area contributed by atoms with Crippen LogP contribution >= 0.6 is 11.6 Å². The summed E-state index contributed by atoms with van der Waals surface area (Å²) in [5, 5.41) is 7.83. The number of aryl methyl sites for hydroxylation is 1. The largest absolute Gasteiger partial charge is 0.309 e. The second-order valence-corrected chi connectivity index (χ2v) is 7.22. The summed E-state index contributed by atoms with van der Waals surface area (Å²) >= 11 is 6.08. The van der Waals surface area contributed by atoms with Gasteiger partial charge in [0.05, 0.1) is 21.7 Å². The van der Waals surface area contributed by atoms with E-state index in [4.69, 9.17) is 11.6 Å². The smallest absolute Gasteiger partial charge is 0.251 e. The van der Waals surface area contributed by atoms with E-state index >= 15 is 0 Å². The van der Waals surface area contributed by atoms with Gasteiger partial charge in [0.1, 0.15) is 6.04 Å². The van der Waals surface area contributed by atoms with Gasteiger partial charge >= 0.3 is 0 Å². The summed E-state index contributed by atoms with van der Waals surface area (Å²) in [6.07, 6.45) is 1.67. The van der Waals surface area contributed by atoms with Crippen LogP contribution < -0.4 is 5.32 Å². The summed E-state index contributed by atoms with van der Waals surface area (Å²) in [6, 6.07) is 7.43. The molecule has 1 amide bonds. The molecule has 0 aliphatic rings. The quantitative estimate of drug-likeness (QED) is 0.623. The van der Waals surface area contributed by atoms with Crippen LogP contribution in [0.25, 0.3) is 11.0 Å². The van der Waals surface area contributed by atoms with Crippen molar-refractivity contribution in [1.82, 2.24) is 24.2 Å². The third-order valence-electron chi connectivity index (χ3n) is 5.06. The molecule has 7 nitrogen and oxygen atoms in total. The second kappa shape index (κ2) is 8.75. The van der Waals surface area contributed by atoms with E-state index in [0.29, 0.717) is 16.7 Å². The zero-order valence-electron chi connectivity index (χ0n) is 16.8. The predicted molar refractivity (Wildman–Crippen MR) is 113 cm³/mol. The maximum Gasteiger partial charge on any atom is 0.251 e. The molecule has 0 aliphatic carbocycles. The van der Waals surface area contributed by atoms with E-state index in [1.165, 1.54) is 0 Å². The fourth-order valence-electron chi connectivity index (χ4n) is 3.17. The lowest BCUT2D eigenvalue weighted by Crippen LogP contribution is -2.29. The van der Waals surface area contributed by atoms with Crippen molar-refractivity contribution in [2.24, 2.45) is 0 Å². The molecule has 150 valence electrons. The summed E-state index contributed by atoms with van der Waals surface area (Å²) in [5.41, 5.74) is 2.58. The molecule has 2 aromatic heterocycles. The lowest BCUT2D eigenvalue weighted by molar-refractivity contribution is -0.119. The van der Waals surface area contributed by atoms with Gasteiger partial charge in [-0.15, -0.1) is 0 Å². The van der Waals surface area contributed by atoms with Gasteiger partial charge in [0.2, 0.25) is 5.95 Å². The highest BCUT2D eigenvalue weighted by atomic mass is 35.5.